The fourth-order valence-corrected chi connectivity index (χ4v) is 1.99. The van der Waals surface area contributed by atoms with Gasteiger partial charge in [-0.15, -0.1) is 0 Å². The molecule has 0 unspecified atom stereocenters. The van der Waals surface area contributed by atoms with E-state index in [1.54, 1.807) is 25.2 Å². The van der Waals surface area contributed by atoms with Crippen LogP contribution in [0.25, 0.3) is 0 Å². The molecule has 6 nitrogen and oxygen atoms in total. The number of hydrogen-bond acceptors (Lipinski definition) is 5. The first-order valence-corrected chi connectivity index (χ1v) is 7.61. The molecule has 0 spiro atoms. The summed E-state index contributed by atoms with van der Waals surface area (Å²) >= 11 is 0. The standard InChI is InChI=1S/C16H21F3N2O4/c1-5-24-13(22)15(16(17,18)19,21-14(23)25-6-2)20-12-8-7-10(3)11(4)9-12/h7-9,20H,5-6H2,1-4H3,(H,21,23)/t15-/m0/s1. The molecule has 0 radical (unpaired) electrons. The number of carbonyl (C=O) groups is 2. The van der Waals surface area contributed by atoms with E-state index < -0.39 is 23.9 Å². The third kappa shape index (κ3) is 4.77. The lowest BCUT2D eigenvalue weighted by molar-refractivity contribution is -0.205. The van der Waals surface area contributed by atoms with Crippen LogP contribution in [0.4, 0.5) is 23.7 Å². The Kier molecular flexibility index (Phi) is 6.66. The number of rotatable bonds is 6. The number of benzene rings is 1. The molecular formula is C16H21F3N2O4. The van der Waals surface area contributed by atoms with Gasteiger partial charge in [-0.3, -0.25) is 5.32 Å². The van der Waals surface area contributed by atoms with Gasteiger partial charge in [-0.2, -0.15) is 13.2 Å². The number of aryl methyl sites for hydroxylation is 2. The summed E-state index contributed by atoms with van der Waals surface area (Å²) in [7, 11) is 0. The lowest BCUT2D eigenvalue weighted by atomic mass is 10.1. The topological polar surface area (TPSA) is 76.7 Å². The second kappa shape index (κ2) is 8.09. The van der Waals surface area contributed by atoms with Gasteiger partial charge in [0.15, 0.2) is 0 Å². The highest BCUT2D eigenvalue weighted by molar-refractivity contribution is 5.89. The van der Waals surface area contributed by atoms with E-state index >= 15 is 0 Å². The zero-order valence-corrected chi connectivity index (χ0v) is 14.4. The number of alkyl carbamates (subject to hydrolysis) is 1. The first-order chi connectivity index (χ1) is 11.6. The quantitative estimate of drug-likeness (QED) is 0.600. The van der Waals surface area contributed by atoms with Gasteiger partial charge in [0.2, 0.25) is 0 Å². The van der Waals surface area contributed by atoms with Gasteiger partial charge in [0.05, 0.1) is 13.2 Å². The second-order valence-corrected chi connectivity index (χ2v) is 5.24. The Hall–Kier alpha value is -2.45. The van der Waals surface area contributed by atoms with Gasteiger partial charge >= 0.3 is 23.9 Å². The number of esters is 1. The van der Waals surface area contributed by atoms with E-state index in [9.17, 15) is 22.8 Å². The highest BCUT2D eigenvalue weighted by atomic mass is 19.4. The first-order valence-electron chi connectivity index (χ1n) is 7.61. The van der Waals surface area contributed by atoms with Crippen molar-refractivity contribution in [3.63, 3.8) is 0 Å². The predicted molar refractivity (Wildman–Crippen MR) is 85.1 cm³/mol. The molecule has 140 valence electrons. The lowest BCUT2D eigenvalue weighted by Gasteiger charge is -2.35. The molecule has 2 N–H and O–H groups in total. The molecule has 1 aromatic carbocycles. The summed E-state index contributed by atoms with van der Waals surface area (Å²) in [6, 6.07) is 4.39. The predicted octanol–water partition coefficient (Wildman–Crippen LogP) is 3.28. The molecule has 0 aliphatic rings. The van der Waals surface area contributed by atoms with Gasteiger partial charge in [0.1, 0.15) is 0 Å². The first kappa shape index (κ1) is 20.6. The van der Waals surface area contributed by atoms with Crippen LogP contribution in [0.3, 0.4) is 0 Å². The Morgan fingerprint density at radius 1 is 1.04 bits per heavy atom. The largest absolute Gasteiger partial charge is 0.463 e. The minimum atomic E-state index is -5.19. The average molecular weight is 362 g/mol. The summed E-state index contributed by atoms with van der Waals surface area (Å²) in [5.41, 5.74) is -1.92. The third-order valence-electron chi connectivity index (χ3n) is 3.41. The Labute approximate surface area is 143 Å². The Bertz CT molecular complexity index is 634. The number of amides is 1. The van der Waals surface area contributed by atoms with Crippen LogP contribution in [0.2, 0.25) is 0 Å². The van der Waals surface area contributed by atoms with Gasteiger partial charge < -0.3 is 14.8 Å². The van der Waals surface area contributed by atoms with Crippen LogP contribution < -0.4 is 10.6 Å². The molecule has 25 heavy (non-hydrogen) atoms. The molecule has 1 amide bonds. The summed E-state index contributed by atoms with van der Waals surface area (Å²) in [5.74, 6) is -1.69. The highest BCUT2D eigenvalue weighted by Crippen LogP contribution is 2.33. The van der Waals surface area contributed by atoms with Crippen LogP contribution in [-0.2, 0) is 14.3 Å². The summed E-state index contributed by atoms with van der Waals surface area (Å²) in [5, 5.41) is 3.63. The fourth-order valence-electron chi connectivity index (χ4n) is 1.99. The number of carbonyl (C=O) groups excluding carboxylic acids is 2. The molecule has 0 aromatic heterocycles. The van der Waals surface area contributed by atoms with Crippen molar-refractivity contribution in [3.05, 3.63) is 29.3 Å². The van der Waals surface area contributed by atoms with E-state index in [1.807, 2.05) is 0 Å². The van der Waals surface area contributed by atoms with Crippen LogP contribution >= 0.6 is 0 Å². The Balaban J connectivity index is 3.37. The van der Waals surface area contributed by atoms with E-state index in [0.29, 0.717) is 5.56 Å². The maximum atomic E-state index is 13.8. The molecule has 0 saturated carbocycles. The SMILES string of the molecule is CCOC(=O)N[C@@](Nc1ccc(C)c(C)c1)(C(=O)OCC)C(F)(F)F. The van der Waals surface area contributed by atoms with E-state index in [-0.39, 0.29) is 18.9 Å². The number of halogens is 3. The monoisotopic (exact) mass is 362 g/mol. The van der Waals surface area contributed by atoms with Crippen molar-refractivity contribution in [1.82, 2.24) is 5.32 Å². The van der Waals surface area contributed by atoms with Gasteiger partial charge in [0.25, 0.3) is 0 Å². The van der Waals surface area contributed by atoms with Gasteiger partial charge in [0, 0.05) is 5.69 Å². The molecule has 1 atom stereocenters. The van der Waals surface area contributed by atoms with Crippen molar-refractivity contribution < 1.29 is 32.2 Å². The Morgan fingerprint density at radius 3 is 2.12 bits per heavy atom. The minimum Gasteiger partial charge on any atom is -0.463 e. The summed E-state index contributed by atoms with van der Waals surface area (Å²) < 4.78 is 50.4. The van der Waals surface area contributed by atoms with Crippen LogP contribution in [0, 0.1) is 13.8 Å². The van der Waals surface area contributed by atoms with E-state index in [2.05, 4.69) is 14.8 Å². The van der Waals surface area contributed by atoms with Gasteiger partial charge in [-0.05, 0) is 51.0 Å². The van der Waals surface area contributed by atoms with Crippen molar-refractivity contribution in [2.24, 2.45) is 0 Å². The molecule has 1 aromatic rings. The fraction of sp³-hybridized carbons (Fsp3) is 0.500. The van der Waals surface area contributed by atoms with Crippen LogP contribution in [0.15, 0.2) is 18.2 Å². The molecule has 0 heterocycles. The van der Waals surface area contributed by atoms with Crippen LogP contribution in [0.5, 0.6) is 0 Å². The maximum Gasteiger partial charge on any atom is 0.442 e. The van der Waals surface area contributed by atoms with E-state index in [1.165, 1.54) is 26.0 Å². The zero-order valence-electron chi connectivity index (χ0n) is 14.4. The van der Waals surface area contributed by atoms with Crippen molar-refractivity contribution in [1.29, 1.82) is 0 Å². The zero-order chi connectivity index (χ0) is 19.3. The number of ether oxygens (including phenoxy) is 2. The van der Waals surface area contributed by atoms with Crippen molar-refractivity contribution >= 4 is 17.7 Å². The minimum absolute atomic E-state index is 0.00900. The summed E-state index contributed by atoms with van der Waals surface area (Å²) in [6.07, 6.45) is -6.59. The summed E-state index contributed by atoms with van der Waals surface area (Å²) in [6.45, 7) is 5.83. The number of hydrogen-bond donors (Lipinski definition) is 2. The van der Waals surface area contributed by atoms with Gasteiger partial charge in [-0.25, -0.2) is 9.59 Å². The third-order valence-corrected chi connectivity index (χ3v) is 3.41. The normalized spacial score (nSPS) is 13.6. The molecule has 1 rings (SSSR count). The number of alkyl halides is 3. The molecule has 0 fully saturated rings. The molecule has 0 aliphatic heterocycles. The molecule has 9 heteroatoms. The lowest BCUT2D eigenvalue weighted by Crippen LogP contribution is -2.69. The molecule has 0 saturated heterocycles. The van der Waals surface area contributed by atoms with E-state index in [0.717, 1.165) is 5.56 Å². The van der Waals surface area contributed by atoms with Crippen molar-refractivity contribution in [2.75, 3.05) is 18.5 Å². The van der Waals surface area contributed by atoms with Crippen LogP contribution in [0.1, 0.15) is 25.0 Å². The number of nitrogens with one attached hydrogen (secondary N) is 2. The van der Waals surface area contributed by atoms with Crippen molar-refractivity contribution in [2.45, 2.75) is 39.5 Å². The van der Waals surface area contributed by atoms with E-state index in [4.69, 9.17) is 0 Å². The van der Waals surface area contributed by atoms with Crippen molar-refractivity contribution in [3.8, 4) is 0 Å². The number of anilines is 1. The van der Waals surface area contributed by atoms with Gasteiger partial charge in [-0.1, -0.05) is 6.07 Å². The van der Waals surface area contributed by atoms with Crippen LogP contribution in [-0.4, -0.2) is 37.1 Å². The highest BCUT2D eigenvalue weighted by Gasteiger charge is 2.64. The Morgan fingerprint density at radius 2 is 1.64 bits per heavy atom. The second-order valence-electron chi connectivity index (χ2n) is 5.24. The molecule has 0 bridgehead atoms. The average Bonchev–Trinajstić information content (AvgIpc) is 2.49. The maximum absolute atomic E-state index is 13.8. The molecular weight excluding hydrogens is 341 g/mol. The smallest absolute Gasteiger partial charge is 0.442 e. The molecule has 0 aliphatic carbocycles. The summed E-state index contributed by atoms with van der Waals surface area (Å²) in [4.78, 5) is 23.8.